The van der Waals surface area contributed by atoms with E-state index in [1.165, 1.54) is 6.92 Å². The Kier molecular flexibility index (Phi) is 7.98. The van der Waals surface area contributed by atoms with Crippen LogP contribution in [0.2, 0.25) is 10.0 Å². The number of amides is 1. The van der Waals surface area contributed by atoms with E-state index in [4.69, 9.17) is 27.9 Å². The molecule has 2 aliphatic rings. The van der Waals surface area contributed by atoms with E-state index in [0.717, 1.165) is 24.1 Å². The van der Waals surface area contributed by atoms with Crippen molar-refractivity contribution in [2.24, 2.45) is 0 Å². The van der Waals surface area contributed by atoms with Gasteiger partial charge in [0.1, 0.15) is 11.4 Å². The normalized spacial score (nSPS) is 26.0. The van der Waals surface area contributed by atoms with E-state index in [9.17, 15) is 14.7 Å². The highest BCUT2D eigenvalue weighted by atomic mass is 35.5. The van der Waals surface area contributed by atoms with Crippen molar-refractivity contribution in [2.75, 3.05) is 19.6 Å². The lowest BCUT2D eigenvalue weighted by molar-refractivity contribution is -0.186. The first-order valence-electron chi connectivity index (χ1n) is 12.2. The van der Waals surface area contributed by atoms with Gasteiger partial charge in [-0.25, -0.2) is 0 Å². The van der Waals surface area contributed by atoms with Gasteiger partial charge in [-0.05, 0) is 67.6 Å². The zero-order chi connectivity index (χ0) is 25.9. The van der Waals surface area contributed by atoms with E-state index in [1.807, 2.05) is 18.2 Å². The first kappa shape index (κ1) is 26.5. The van der Waals surface area contributed by atoms with Crippen molar-refractivity contribution in [2.45, 2.75) is 56.1 Å². The number of carbonyl (C=O) groups is 2. The number of rotatable bonds is 7. The summed E-state index contributed by atoms with van der Waals surface area (Å²) in [6, 6.07) is 12.3. The molecular weight excluding hydrogens is 499 g/mol. The maximum Gasteiger partial charge on any atom is 0.303 e. The van der Waals surface area contributed by atoms with Crippen molar-refractivity contribution in [1.82, 2.24) is 10.2 Å². The number of halogens is 2. The van der Waals surface area contributed by atoms with Gasteiger partial charge in [0, 0.05) is 31.5 Å². The molecule has 1 aliphatic heterocycles. The second-order valence-corrected chi connectivity index (χ2v) is 10.7. The van der Waals surface area contributed by atoms with Crippen molar-refractivity contribution < 1.29 is 19.4 Å². The Morgan fingerprint density at radius 1 is 1.22 bits per heavy atom. The number of benzene rings is 2. The van der Waals surface area contributed by atoms with Gasteiger partial charge >= 0.3 is 5.97 Å². The Morgan fingerprint density at radius 3 is 2.72 bits per heavy atom. The van der Waals surface area contributed by atoms with Gasteiger partial charge in [0.25, 0.3) is 0 Å². The van der Waals surface area contributed by atoms with Crippen LogP contribution >= 0.6 is 23.2 Å². The number of hydrogen-bond donors (Lipinski definition) is 2. The number of phenols is 1. The quantitative estimate of drug-likeness (QED) is 0.387. The van der Waals surface area contributed by atoms with Crippen molar-refractivity contribution in [3.05, 3.63) is 76.3 Å². The zero-order valence-corrected chi connectivity index (χ0v) is 21.9. The van der Waals surface area contributed by atoms with Crippen LogP contribution < -0.4 is 5.32 Å². The predicted molar refractivity (Wildman–Crippen MR) is 141 cm³/mol. The first-order chi connectivity index (χ1) is 17.2. The first-order valence-corrected chi connectivity index (χ1v) is 13.0. The smallest absolute Gasteiger partial charge is 0.303 e. The van der Waals surface area contributed by atoms with Crippen LogP contribution in [0.5, 0.6) is 5.75 Å². The molecule has 1 aliphatic carbocycles. The van der Waals surface area contributed by atoms with Crippen LogP contribution in [0.15, 0.2) is 55.1 Å². The monoisotopic (exact) mass is 530 g/mol. The Labute approximate surface area is 222 Å². The fourth-order valence-corrected chi connectivity index (χ4v) is 6.39. The van der Waals surface area contributed by atoms with Gasteiger partial charge in [0.15, 0.2) is 0 Å². The molecule has 2 aromatic rings. The van der Waals surface area contributed by atoms with Crippen LogP contribution in [0.25, 0.3) is 0 Å². The van der Waals surface area contributed by atoms with Crippen LogP contribution in [0.4, 0.5) is 0 Å². The molecule has 1 amide bonds. The number of ether oxygens (including phenoxy) is 1. The highest BCUT2D eigenvalue weighted by molar-refractivity contribution is 6.42. The van der Waals surface area contributed by atoms with Gasteiger partial charge < -0.3 is 15.2 Å². The third kappa shape index (κ3) is 5.41. The average molecular weight is 531 g/mol. The molecule has 3 atom stereocenters. The second kappa shape index (κ2) is 10.8. The summed E-state index contributed by atoms with van der Waals surface area (Å²) in [5.41, 5.74) is 0.367. The topological polar surface area (TPSA) is 78.9 Å². The minimum absolute atomic E-state index is 0.103. The summed E-state index contributed by atoms with van der Waals surface area (Å²) in [5, 5.41) is 14.4. The molecule has 8 heteroatoms. The summed E-state index contributed by atoms with van der Waals surface area (Å²) in [5.74, 6) is -0.270. The molecule has 1 saturated carbocycles. The highest BCUT2D eigenvalue weighted by Crippen LogP contribution is 2.54. The van der Waals surface area contributed by atoms with E-state index in [1.54, 1.807) is 30.3 Å². The van der Waals surface area contributed by atoms with Gasteiger partial charge in [-0.2, -0.15) is 0 Å². The van der Waals surface area contributed by atoms with Crippen LogP contribution in [-0.2, 0) is 26.2 Å². The van der Waals surface area contributed by atoms with E-state index in [0.29, 0.717) is 42.4 Å². The molecule has 6 nitrogen and oxygen atoms in total. The van der Waals surface area contributed by atoms with Gasteiger partial charge in [-0.3, -0.25) is 14.5 Å². The van der Waals surface area contributed by atoms with Crippen LogP contribution in [0.1, 0.15) is 43.7 Å². The molecule has 192 valence electrons. The number of nitrogens with one attached hydrogen (secondary N) is 1. The van der Waals surface area contributed by atoms with E-state index in [2.05, 4.69) is 16.8 Å². The van der Waals surface area contributed by atoms with Crippen molar-refractivity contribution in [1.29, 1.82) is 0 Å². The molecule has 4 rings (SSSR count). The number of fused-ring (bicyclic) bond motifs is 1. The van der Waals surface area contributed by atoms with Gasteiger partial charge in [0.05, 0.1) is 16.5 Å². The summed E-state index contributed by atoms with van der Waals surface area (Å²) in [7, 11) is 0. The molecule has 0 aromatic heterocycles. The number of piperidine rings is 1. The van der Waals surface area contributed by atoms with Crippen LogP contribution in [0, 0.1) is 0 Å². The lowest BCUT2D eigenvalue weighted by Gasteiger charge is -2.59. The van der Waals surface area contributed by atoms with E-state index in [-0.39, 0.29) is 30.1 Å². The predicted octanol–water partition coefficient (Wildman–Crippen LogP) is 5.04. The standard InChI is InChI=1S/C28H32Cl2N2O4/c1-3-12-32-13-11-27(21-5-4-6-23(34)16-21)17-22(9-10-28(27,18-32)36-19(2)33)31-26(35)15-20-7-8-24(29)25(30)14-20/h3-8,14,16,22,34H,1,9-13,15,17-18H2,2H3,(H,31,35)/t22-,27+,28+/m1/s1. The maximum absolute atomic E-state index is 13.0. The minimum atomic E-state index is -0.779. The molecule has 0 spiro atoms. The van der Waals surface area contributed by atoms with Crippen molar-refractivity contribution >= 4 is 35.1 Å². The number of nitrogens with zero attached hydrogens (tertiary/aromatic N) is 1. The molecule has 0 bridgehead atoms. The molecular formula is C28H32Cl2N2O4. The van der Waals surface area contributed by atoms with Crippen LogP contribution in [-0.4, -0.2) is 53.2 Å². The lowest BCUT2D eigenvalue weighted by Crippen LogP contribution is -2.68. The Morgan fingerprint density at radius 2 is 2.03 bits per heavy atom. The van der Waals surface area contributed by atoms with Gasteiger partial charge in [0.2, 0.25) is 5.91 Å². The lowest BCUT2D eigenvalue weighted by atomic mass is 9.55. The minimum Gasteiger partial charge on any atom is -0.508 e. The SMILES string of the molecule is C=CCN1CC[C@@]2(c3cccc(O)c3)C[C@H](NC(=O)Cc3ccc(Cl)c(Cl)c3)CC[C@]2(OC(C)=O)C1. The van der Waals surface area contributed by atoms with E-state index < -0.39 is 11.0 Å². The van der Waals surface area contributed by atoms with E-state index >= 15 is 0 Å². The van der Waals surface area contributed by atoms with Gasteiger partial charge in [-0.15, -0.1) is 6.58 Å². The van der Waals surface area contributed by atoms with Crippen molar-refractivity contribution in [3.8, 4) is 5.75 Å². The molecule has 1 saturated heterocycles. The highest BCUT2D eigenvalue weighted by Gasteiger charge is 2.60. The third-order valence-electron chi connectivity index (χ3n) is 7.54. The van der Waals surface area contributed by atoms with Crippen LogP contribution in [0.3, 0.4) is 0 Å². The summed E-state index contributed by atoms with van der Waals surface area (Å²) in [6.45, 7) is 7.37. The number of carbonyl (C=O) groups excluding carboxylic acids is 2. The fourth-order valence-electron chi connectivity index (χ4n) is 6.07. The molecule has 2 fully saturated rings. The third-order valence-corrected chi connectivity index (χ3v) is 8.28. The molecule has 36 heavy (non-hydrogen) atoms. The average Bonchev–Trinajstić information content (AvgIpc) is 2.81. The largest absolute Gasteiger partial charge is 0.508 e. The zero-order valence-electron chi connectivity index (χ0n) is 20.4. The summed E-state index contributed by atoms with van der Waals surface area (Å²) in [4.78, 5) is 27.6. The van der Waals surface area contributed by atoms with Crippen molar-refractivity contribution in [3.63, 3.8) is 0 Å². The Balaban J connectivity index is 1.63. The number of phenolic OH excluding ortho intramolecular Hbond substituents is 1. The molecule has 0 unspecified atom stereocenters. The summed E-state index contributed by atoms with van der Waals surface area (Å²) >= 11 is 12.1. The number of likely N-dealkylation sites (tertiary alicyclic amines) is 1. The fraction of sp³-hybridized carbons (Fsp3) is 0.429. The molecule has 2 N–H and O–H groups in total. The summed E-state index contributed by atoms with van der Waals surface area (Å²) in [6.07, 6.45) is 4.62. The maximum atomic E-state index is 13.0. The second-order valence-electron chi connectivity index (χ2n) is 9.93. The Bertz CT molecular complexity index is 1160. The summed E-state index contributed by atoms with van der Waals surface area (Å²) < 4.78 is 6.19. The van der Waals surface area contributed by atoms with Gasteiger partial charge in [-0.1, -0.05) is 47.5 Å². The number of esters is 1. The number of hydrogen-bond acceptors (Lipinski definition) is 5. The molecule has 1 heterocycles. The number of aromatic hydroxyl groups is 1. The Hall–Kier alpha value is -2.54. The molecule has 0 radical (unpaired) electrons. The molecule has 2 aromatic carbocycles.